The zero-order valence-electron chi connectivity index (χ0n) is 11.2. The van der Waals surface area contributed by atoms with Crippen LogP contribution in [-0.2, 0) is 14.3 Å². The lowest BCUT2D eigenvalue weighted by Crippen LogP contribution is -2.31. The highest BCUT2D eigenvalue weighted by molar-refractivity contribution is 5.95. The van der Waals surface area contributed by atoms with Gasteiger partial charge in [0, 0.05) is 11.1 Å². The number of hydrogen-bond acceptors (Lipinski definition) is 4. The second-order valence-electron chi connectivity index (χ2n) is 4.93. The van der Waals surface area contributed by atoms with Crippen molar-refractivity contribution in [2.24, 2.45) is 4.99 Å². The Morgan fingerprint density at radius 3 is 2.79 bits per heavy atom. The smallest absolute Gasteiger partial charge is 0.333 e. The van der Waals surface area contributed by atoms with Crippen LogP contribution in [0.1, 0.15) is 19.4 Å². The summed E-state index contributed by atoms with van der Waals surface area (Å²) in [4.78, 5) is 15.9. The molecule has 0 bridgehead atoms. The van der Waals surface area contributed by atoms with E-state index in [1.807, 2.05) is 37.3 Å². The van der Waals surface area contributed by atoms with E-state index < -0.39 is 11.5 Å². The molecular formula is C15H17NO3. The SMILES string of the molecule is C=C(C)C(=O)OCC1(C)COC(c2ccccc2)=N1. The van der Waals surface area contributed by atoms with Crippen molar-refractivity contribution < 1.29 is 14.3 Å². The number of esters is 1. The minimum atomic E-state index is -0.531. The summed E-state index contributed by atoms with van der Waals surface area (Å²) >= 11 is 0. The van der Waals surface area contributed by atoms with Crippen LogP contribution in [-0.4, -0.2) is 30.6 Å². The molecule has 1 unspecified atom stereocenters. The third kappa shape index (κ3) is 3.22. The Labute approximate surface area is 112 Å². The van der Waals surface area contributed by atoms with Crippen LogP contribution < -0.4 is 0 Å². The van der Waals surface area contributed by atoms with Crippen LogP contribution in [0.2, 0.25) is 0 Å². The molecule has 1 aromatic rings. The number of hydrogen-bond donors (Lipinski definition) is 0. The maximum Gasteiger partial charge on any atom is 0.333 e. The molecule has 1 aliphatic heterocycles. The van der Waals surface area contributed by atoms with Crippen molar-refractivity contribution in [2.75, 3.05) is 13.2 Å². The monoisotopic (exact) mass is 259 g/mol. The molecule has 0 N–H and O–H groups in total. The normalized spacial score (nSPS) is 21.5. The molecule has 1 aliphatic rings. The van der Waals surface area contributed by atoms with Crippen molar-refractivity contribution >= 4 is 11.9 Å². The fourth-order valence-electron chi connectivity index (χ4n) is 1.68. The summed E-state index contributed by atoms with van der Waals surface area (Å²) in [5, 5.41) is 0. The molecule has 0 fully saturated rings. The molecule has 4 heteroatoms. The molecule has 0 saturated carbocycles. The Bertz CT molecular complexity index is 521. The number of carbonyl (C=O) groups excluding carboxylic acids is 1. The third-order valence-corrected chi connectivity index (χ3v) is 2.77. The number of carbonyl (C=O) groups is 1. The number of benzene rings is 1. The molecule has 2 rings (SSSR count). The number of nitrogens with zero attached hydrogens (tertiary/aromatic N) is 1. The van der Waals surface area contributed by atoms with Gasteiger partial charge < -0.3 is 9.47 Å². The molecular weight excluding hydrogens is 242 g/mol. The van der Waals surface area contributed by atoms with E-state index in [1.165, 1.54) is 0 Å². The van der Waals surface area contributed by atoms with Crippen LogP contribution in [0.4, 0.5) is 0 Å². The van der Waals surface area contributed by atoms with Gasteiger partial charge in [-0.2, -0.15) is 0 Å². The van der Waals surface area contributed by atoms with E-state index in [1.54, 1.807) is 6.92 Å². The van der Waals surface area contributed by atoms with Crippen molar-refractivity contribution in [3.63, 3.8) is 0 Å². The number of ether oxygens (including phenoxy) is 2. The third-order valence-electron chi connectivity index (χ3n) is 2.77. The lowest BCUT2D eigenvalue weighted by Gasteiger charge is -2.17. The summed E-state index contributed by atoms with van der Waals surface area (Å²) in [5.74, 6) is 0.194. The van der Waals surface area contributed by atoms with E-state index in [4.69, 9.17) is 9.47 Å². The van der Waals surface area contributed by atoms with Gasteiger partial charge in [-0.1, -0.05) is 24.8 Å². The van der Waals surface area contributed by atoms with Crippen LogP contribution in [0, 0.1) is 0 Å². The molecule has 100 valence electrons. The van der Waals surface area contributed by atoms with Gasteiger partial charge in [0.1, 0.15) is 18.8 Å². The molecule has 0 amide bonds. The van der Waals surface area contributed by atoms with Gasteiger partial charge in [0.05, 0.1) is 0 Å². The highest BCUT2D eigenvalue weighted by atomic mass is 16.5. The lowest BCUT2D eigenvalue weighted by molar-refractivity contribution is -0.140. The minimum Gasteiger partial charge on any atom is -0.475 e. The van der Waals surface area contributed by atoms with E-state index in [-0.39, 0.29) is 6.61 Å². The first kappa shape index (κ1) is 13.3. The predicted molar refractivity (Wildman–Crippen MR) is 73.1 cm³/mol. The van der Waals surface area contributed by atoms with Crippen LogP contribution >= 0.6 is 0 Å². The van der Waals surface area contributed by atoms with Crippen molar-refractivity contribution in [1.29, 1.82) is 0 Å². The molecule has 1 heterocycles. The summed E-state index contributed by atoms with van der Waals surface area (Å²) in [7, 11) is 0. The number of rotatable bonds is 4. The first-order chi connectivity index (χ1) is 9.00. The molecule has 1 aromatic carbocycles. The molecule has 4 nitrogen and oxygen atoms in total. The average molecular weight is 259 g/mol. The van der Waals surface area contributed by atoms with Gasteiger partial charge in [-0.05, 0) is 26.0 Å². The zero-order valence-corrected chi connectivity index (χ0v) is 11.2. The van der Waals surface area contributed by atoms with E-state index in [2.05, 4.69) is 11.6 Å². The summed E-state index contributed by atoms with van der Waals surface area (Å²) in [5.41, 5.74) is 0.781. The first-order valence-corrected chi connectivity index (χ1v) is 6.11. The molecule has 0 radical (unpaired) electrons. The maximum atomic E-state index is 11.4. The predicted octanol–water partition coefficient (Wildman–Crippen LogP) is 2.34. The minimum absolute atomic E-state index is 0.190. The summed E-state index contributed by atoms with van der Waals surface area (Å²) < 4.78 is 10.7. The highest BCUT2D eigenvalue weighted by Gasteiger charge is 2.33. The van der Waals surface area contributed by atoms with Crippen LogP contribution in [0.15, 0.2) is 47.5 Å². The Balaban J connectivity index is 2.04. The van der Waals surface area contributed by atoms with E-state index >= 15 is 0 Å². The van der Waals surface area contributed by atoms with Crippen molar-refractivity contribution in [3.8, 4) is 0 Å². The topological polar surface area (TPSA) is 47.9 Å². The lowest BCUT2D eigenvalue weighted by atomic mass is 10.1. The average Bonchev–Trinajstić information content (AvgIpc) is 2.80. The largest absolute Gasteiger partial charge is 0.475 e. The second-order valence-corrected chi connectivity index (χ2v) is 4.93. The number of aliphatic imine (C=N–C) groups is 1. The summed E-state index contributed by atoms with van der Waals surface area (Å²) in [6.07, 6.45) is 0. The van der Waals surface area contributed by atoms with Gasteiger partial charge in [0.25, 0.3) is 0 Å². The highest BCUT2D eigenvalue weighted by Crippen LogP contribution is 2.22. The molecule has 1 atom stereocenters. The Morgan fingerprint density at radius 2 is 2.16 bits per heavy atom. The van der Waals surface area contributed by atoms with E-state index in [0.29, 0.717) is 18.1 Å². The molecule has 0 aromatic heterocycles. The Morgan fingerprint density at radius 1 is 1.47 bits per heavy atom. The van der Waals surface area contributed by atoms with Gasteiger partial charge >= 0.3 is 5.97 Å². The zero-order chi connectivity index (χ0) is 13.9. The van der Waals surface area contributed by atoms with Crippen LogP contribution in [0.5, 0.6) is 0 Å². The van der Waals surface area contributed by atoms with E-state index in [0.717, 1.165) is 5.56 Å². The summed E-state index contributed by atoms with van der Waals surface area (Å²) in [6.45, 7) is 7.65. The molecule has 0 spiro atoms. The maximum absolute atomic E-state index is 11.4. The van der Waals surface area contributed by atoms with Crippen LogP contribution in [0.25, 0.3) is 0 Å². The standard InChI is InChI=1S/C15H17NO3/c1-11(2)14(17)19-10-15(3)9-18-13(16-15)12-7-5-4-6-8-12/h4-8H,1,9-10H2,2-3H3. The van der Waals surface area contributed by atoms with Gasteiger partial charge in [0.15, 0.2) is 0 Å². The fourth-order valence-corrected chi connectivity index (χ4v) is 1.68. The van der Waals surface area contributed by atoms with Crippen molar-refractivity contribution in [2.45, 2.75) is 19.4 Å². The quantitative estimate of drug-likeness (QED) is 0.616. The van der Waals surface area contributed by atoms with Gasteiger partial charge in [-0.3, -0.25) is 0 Å². The first-order valence-electron chi connectivity index (χ1n) is 6.11. The Kier molecular flexibility index (Phi) is 3.69. The van der Waals surface area contributed by atoms with Crippen molar-refractivity contribution in [3.05, 3.63) is 48.0 Å². The van der Waals surface area contributed by atoms with Crippen molar-refractivity contribution in [1.82, 2.24) is 0 Å². The molecule has 0 saturated heterocycles. The molecule has 0 aliphatic carbocycles. The van der Waals surface area contributed by atoms with E-state index in [9.17, 15) is 4.79 Å². The van der Waals surface area contributed by atoms with Gasteiger partial charge in [-0.25, -0.2) is 9.79 Å². The molecule has 19 heavy (non-hydrogen) atoms. The summed E-state index contributed by atoms with van der Waals surface area (Å²) in [6, 6.07) is 9.66. The Hall–Kier alpha value is -2.10. The van der Waals surface area contributed by atoms with Gasteiger partial charge in [-0.15, -0.1) is 0 Å². The fraction of sp³-hybridized carbons (Fsp3) is 0.333. The van der Waals surface area contributed by atoms with Gasteiger partial charge in [0.2, 0.25) is 5.90 Å². The second kappa shape index (κ2) is 5.26. The van der Waals surface area contributed by atoms with Crippen LogP contribution in [0.3, 0.4) is 0 Å².